The van der Waals surface area contributed by atoms with Crippen LogP contribution in [-0.4, -0.2) is 29.7 Å². The summed E-state index contributed by atoms with van der Waals surface area (Å²) < 4.78 is 0. The van der Waals surface area contributed by atoms with Crippen molar-refractivity contribution >= 4 is 34.6 Å². The molecule has 19 heavy (non-hydrogen) atoms. The first kappa shape index (κ1) is 13.4. The minimum Gasteiger partial charge on any atom is -0.341 e. The highest BCUT2D eigenvalue weighted by Gasteiger charge is 2.07. The van der Waals surface area contributed by atoms with Crippen molar-refractivity contribution < 1.29 is 9.59 Å². The van der Waals surface area contributed by atoms with E-state index in [1.54, 1.807) is 0 Å². The van der Waals surface area contributed by atoms with Crippen molar-refractivity contribution in [3.05, 3.63) is 36.4 Å². The molecular weight excluding hydrogens is 262 g/mol. The number of hydrogen-bond acceptors (Lipinski definition) is 4. The van der Waals surface area contributed by atoms with Crippen molar-refractivity contribution in [1.82, 2.24) is 15.6 Å². The first-order chi connectivity index (χ1) is 9.19. The lowest BCUT2D eigenvalue weighted by Gasteiger charge is -2.04. The highest BCUT2D eigenvalue weighted by molar-refractivity contribution is 7.99. The molecule has 0 saturated carbocycles. The van der Waals surface area contributed by atoms with Crippen LogP contribution in [0.3, 0.4) is 0 Å². The number of carbonyl (C=O) groups is 2. The van der Waals surface area contributed by atoms with E-state index in [1.807, 2.05) is 36.4 Å². The number of fused-ring (bicyclic) bond motifs is 1. The molecule has 2 N–H and O–H groups in total. The molecule has 3 amide bonds. The molecule has 0 atom stereocenters. The molecule has 6 heteroatoms. The zero-order valence-electron chi connectivity index (χ0n) is 10.3. The number of rotatable bonds is 3. The molecule has 0 fully saturated rings. The van der Waals surface area contributed by atoms with Crippen molar-refractivity contribution in [3.8, 4) is 0 Å². The maximum atomic E-state index is 11.4. The molecule has 0 aliphatic carbocycles. The molecule has 0 unspecified atom stereocenters. The Morgan fingerprint density at radius 2 is 2.00 bits per heavy atom. The Morgan fingerprint density at radius 1 is 1.21 bits per heavy atom. The molecule has 0 aliphatic heterocycles. The largest absolute Gasteiger partial charge is 0.341 e. The molecule has 0 spiro atoms. The van der Waals surface area contributed by atoms with E-state index in [2.05, 4.69) is 15.6 Å². The van der Waals surface area contributed by atoms with Crippen LogP contribution in [-0.2, 0) is 4.79 Å². The Morgan fingerprint density at radius 3 is 2.79 bits per heavy atom. The van der Waals surface area contributed by atoms with Crippen LogP contribution in [0.1, 0.15) is 0 Å². The van der Waals surface area contributed by atoms with Gasteiger partial charge in [-0.1, -0.05) is 36.0 Å². The Hall–Kier alpha value is -2.08. The first-order valence-electron chi connectivity index (χ1n) is 5.69. The van der Waals surface area contributed by atoms with E-state index in [9.17, 15) is 9.59 Å². The number of imide groups is 1. The summed E-state index contributed by atoms with van der Waals surface area (Å²) in [6.45, 7) is 0. The van der Waals surface area contributed by atoms with E-state index in [1.165, 1.54) is 18.8 Å². The average molecular weight is 275 g/mol. The van der Waals surface area contributed by atoms with Crippen LogP contribution in [0.25, 0.3) is 10.9 Å². The van der Waals surface area contributed by atoms with Crippen LogP contribution in [0, 0.1) is 0 Å². The Bertz CT molecular complexity index is 616. The Kier molecular flexibility index (Phi) is 4.35. The number of nitrogens with zero attached hydrogens (tertiary/aromatic N) is 1. The zero-order valence-corrected chi connectivity index (χ0v) is 11.2. The number of para-hydroxylation sites is 1. The van der Waals surface area contributed by atoms with E-state index >= 15 is 0 Å². The highest BCUT2D eigenvalue weighted by atomic mass is 32.2. The molecule has 1 aromatic carbocycles. The van der Waals surface area contributed by atoms with Crippen LogP contribution < -0.4 is 10.6 Å². The van der Waals surface area contributed by atoms with Gasteiger partial charge in [0.25, 0.3) is 0 Å². The monoisotopic (exact) mass is 275 g/mol. The lowest BCUT2D eigenvalue weighted by molar-refractivity contribution is -0.117. The number of carbonyl (C=O) groups excluding carboxylic acids is 2. The SMILES string of the molecule is CNC(=O)NC(=O)CSc1ccc2ccccc2n1. The molecular formula is C13H13N3O2S. The van der Waals surface area contributed by atoms with Crippen molar-refractivity contribution in [3.63, 3.8) is 0 Å². The van der Waals surface area contributed by atoms with Gasteiger partial charge >= 0.3 is 6.03 Å². The summed E-state index contributed by atoms with van der Waals surface area (Å²) in [7, 11) is 1.46. The molecule has 0 saturated heterocycles. The predicted molar refractivity (Wildman–Crippen MR) is 75.1 cm³/mol. The van der Waals surface area contributed by atoms with Gasteiger partial charge in [0.05, 0.1) is 16.3 Å². The van der Waals surface area contributed by atoms with Crippen LogP contribution >= 0.6 is 11.8 Å². The summed E-state index contributed by atoms with van der Waals surface area (Å²) in [6.07, 6.45) is 0. The fraction of sp³-hybridized carbons (Fsp3) is 0.154. The molecule has 0 radical (unpaired) electrons. The molecule has 0 aliphatic rings. The number of thioether (sulfide) groups is 1. The van der Waals surface area contributed by atoms with Crippen molar-refractivity contribution in [2.45, 2.75) is 5.03 Å². The minimum atomic E-state index is -0.503. The summed E-state index contributed by atoms with van der Waals surface area (Å²) in [5, 5.41) is 6.33. The lowest BCUT2D eigenvalue weighted by Crippen LogP contribution is -2.38. The van der Waals surface area contributed by atoms with Gasteiger partial charge in [-0.25, -0.2) is 9.78 Å². The second kappa shape index (κ2) is 6.19. The van der Waals surface area contributed by atoms with Gasteiger partial charge in [0.15, 0.2) is 0 Å². The third-order valence-corrected chi connectivity index (χ3v) is 3.33. The maximum absolute atomic E-state index is 11.4. The van der Waals surface area contributed by atoms with Crippen LogP contribution in [0.2, 0.25) is 0 Å². The second-order valence-corrected chi connectivity index (χ2v) is 4.75. The summed E-state index contributed by atoms with van der Waals surface area (Å²) in [5.74, 6) is -0.196. The second-order valence-electron chi connectivity index (χ2n) is 3.76. The molecule has 2 aromatic rings. The number of nitrogens with one attached hydrogen (secondary N) is 2. The highest BCUT2D eigenvalue weighted by Crippen LogP contribution is 2.19. The van der Waals surface area contributed by atoms with Gasteiger partial charge in [-0.15, -0.1) is 0 Å². The van der Waals surface area contributed by atoms with E-state index in [4.69, 9.17) is 0 Å². The van der Waals surface area contributed by atoms with Gasteiger partial charge in [-0.2, -0.15) is 0 Å². The van der Waals surface area contributed by atoms with E-state index in [-0.39, 0.29) is 11.7 Å². The quantitative estimate of drug-likeness (QED) is 0.838. The van der Waals surface area contributed by atoms with Gasteiger partial charge in [0.2, 0.25) is 5.91 Å². The van der Waals surface area contributed by atoms with E-state index < -0.39 is 6.03 Å². The topological polar surface area (TPSA) is 71.1 Å². The van der Waals surface area contributed by atoms with E-state index in [0.717, 1.165) is 15.9 Å². The molecule has 1 aromatic heterocycles. The van der Waals surface area contributed by atoms with Gasteiger partial charge in [-0.3, -0.25) is 10.1 Å². The smallest absolute Gasteiger partial charge is 0.321 e. The van der Waals surface area contributed by atoms with Gasteiger partial charge in [0.1, 0.15) is 0 Å². The van der Waals surface area contributed by atoms with Gasteiger partial charge in [-0.05, 0) is 12.1 Å². The van der Waals surface area contributed by atoms with Crippen LogP contribution in [0.5, 0.6) is 0 Å². The third kappa shape index (κ3) is 3.69. The fourth-order valence-electron chi connectivity index (χ4n) is 1.49. The molecule has 98 valence electrons. The maximum Gasteiger partial charge on any atom is 0.321 e. The van der Waals surface area contributed by atoms with Crippen LogP contribution in [0.4, 0.5) is 4.79 Å². The van der Waals surface area contributed by atoms with Crippen molar-refractivity contribution in [2.24, 2.45) is 0 Å². The van der Waals surface area contributed by atoms with Crippen LogP contribution in [0.15, 0.2) is 41.4 Å². The molecule has 0 bridgehead atoms. The number of amides is 3. The lowest BCUT2D eigenvalue weighted by atomic mass is 10.2. The summed E-state index contributed by atoms with van der Waals surface area (Å²) in [5.41, 5.74) is 0.888. The number of urea groups is 1. The standard InChI is InChI=1S/C13H13N3O2S/c1-14-13(18)16-11(17)8-19-12-7-6-9-4-2-3-5-10(9)15-12/h2-7H,8H2,1H3,(H2,14,16,17,18). The molecule has 1 heterocycles. The van der Waals surface area contributed by atoms with Crippen molar-refractivity contribution in [2.75, 3.05) is 12.8 Å². The van der Waals surface area contributed by atoms with E-state index in [0.29, 0.717) is 0 Å². The number of benzene rings is 1. The normalized spacial score (nSPS) is 10.2. The third-order valence-electron chi connectivity index (χ3n) is 2.40. The summed E-state index contributed by atoms with van der Waals surface area (Å²) in [4.78, 5) is 26.8. The fourth-order valence-corrected chi connectivity index (χ4v) is 2.17. The molecule has 2 rings (SSSR count). The number of aromatic nitrogens is 1. The average Bonchev–Trinajstić information content (AvgIpc) is 2.44. The Balaban J connectivity index is 1.98. The predicted octanol–water partition coefficient (Wildman–Crippen LogP) is 1.78. The number of hydrogen-bond donors (Lipinski definition) is 2. The van der Waals surface area contributed by atoms with Gasteiger partial charge in [0, 0.05) is 12.4 Å². The summed E-state index contributed by atoms with van der Waals surface area (Å²) in [6, 6.07) is 11.1. The first-order valence-corrected chi connectivity index (χ1v) is 6.68. The van der Waals surface area contributed by atoms with Gasteiger partial charge < -0.3 is 5.32 Å². The number of pyridine rings is 1. The molecule has 5 nitrogen and oxygen atoms in total. The zero-order chi connectivity index (χ0) is 13.7. The summed E-state index contributed by atoms with van der Waals surface area (Å²) >= 11 is 1.29. The Labute approximate surface area is 114 Å². The van der Waals surface area contributed by atoms with Crippen molar-refractivity contribution in [1.29, 1.82) is 0 Å². The minimum absolute atomic E-state index is 0.152.